The van der Waals surface area contributed by atoms with E-state index in [2.05, 4.69) is 12.2 Å². The minimum atomic E-state index is -0.657. The summed E-state index contributed by atoms with van der Waals surface area (Å²) < 4.78 is 5.07. The van der Waals surface area contributed by atoms with Gasteiger partial charge in [-0.3, -0.25) is 4.79 Å². The van der Waals surface area contributed by atoms with Gasteiger partial charge in [-0.25, -0.2) is 0 Å². The van der Waals surface area contributed by atoms with Crippen molar-refractivity contribution in [1.29, 1.82) is 0 Å². The lowest BCUT2D eigenvalue weighted by Gasteiger charge is -2.36. The van der Waals surface area contributed by atoms with Gasteiger partial charge in [0.25, 0.3) is 0 Å². The van der Waals surface area contributed by atoms with Crippen LogP contribution < -0.4 is 5.32 Å². The predicted molar refractivity (Wildman–Crippen MR) is 75.9 cm³/mol. The van der Waals surface area contributed by atoms with Crippen LogP contribution in [0.4, 0.5) is 0 Å². The third kappa shape index (κ3) is 5.49. The summed E-state index contributed by atoms with van der Waals surface area (Å²) in [5.41, 5.74) is -0.657. The lowest BCUT2D eigenvalue weighted by Crippen LogP contribution is -2.49. The Morgan fingerprint density at radius 1 is 1.53 bits per heavy atom. The van der Waals surface area contributed by atoms with Crippen LogP contribution >= 0.6 is 0 Å². The van der Waals surface area contributed by atoms with Crippen LogP contribution in [-0.2, 0) is 9.53 Å². The second kappa shape index (κ2) is 7.85. The van der Waals surface area contributed by atoms with Crippen molar-refractivity contribution in [2.24, 2.45) is 5.92 Å². The van der Waals surface area contributed by atoms with Gasteiger partial charge in [-0.2, -0.15) is 0 Å². The molecule has 0 amide bonds. The molecular weight excluding hydrogens is 242 g/mol. The monoisotopic (exact) mass is 271 g/mol. The topological polar surface area (TPSA) is 58.6 Å². The smallest absolute Gasteiger partial charge is 0.323 e. The second-order valence-corrected chi connectivity index (χ2v) is 5.90. The maximum atomic E-state index is 11.8. The van der Waals surface area contributed by atoms with Crippen molar-refractivity contribution in [3.05, 3.63) is 0 Å². The molecule has 0 radical (unpaired) electrons. The highest BCUT2D eigenvalue weighted by Gasteiger charge is 2.33. The molecule has 1 fully saturated rings. The van der Waals surface area contributed by atoms with Gasteiger partial charge in [0.15, 0.2) is 0 Å². The second-order valence-electron chi connectivity index (χ2n) is 5.90. The van der Waals surface area contributed by atoms with E-state index in [1.54, 1.807) is 0 Å². The Kier molecular flexibility index (Phi) is 6.80. The van der Waals surface area contributed by atoms with Gasteiger partial charge in [-0.05, 0) is 32.1 Å². The molecule has 0 aromatic rings. The molecule has 19 heavy (non-hydrogen) atoms. The van der Waals surface area contributed by atoms with Crippen molar-refractivity contribution in [2.45, 2.75) is 70.9 Å². The maximum Gasteiger partial charge on any atom is 0.323 e. The minimum absolute atomic E-state index is 0.197. The van der Waals surface area contributed by atoms with Crippen LogP contribution in [0.25, 0.3) is 0 Å². The quantitative estimate of drug-likeness (QED) is 0.697. The molecule has 4 nitrogen and oxygen atoms in total. The van der Waals surface area contributed by atoms with E-state index in [9.17, 15) is 9.90 Å². The zero-order valence-electron chi connectivity index (χ0n) is 12.6. The number of hydrogen-bond donors (Lipinski definition) is 2. The van der Waals surface area contributed by atoms with Gasteiger partial charge in [-0.1, -0.05) is 33.1 Å². The summed E-state index contributed by atoms with van der Waals surface area (Å²) in [6, 6.07) is -0.286. The first-order chi connectivity index (χ1) is 9.00. The normalized spacial score (nSPS) is 28.9. The Morgan fingerprint density at radius 2 is 2.26 bits per heavy atom. The average Bonchev–Trinajstić information content (AvgIpc) is 2.34. The number of hydrogen-bond acceptors (Lipinski definition) is 4. The first-order valence-corrected chi connectivity index (χ1v) is 7.63. The largest absolute Gasteiger partial charge is 0.465 e. The zero-order valence-corrected chi connectivity index (χ0v) is 12.6. The standard InChI is InChI=1S/C15H29NO3/c1-4-7-13(14(17)19-5-2)16-11-15(18)9-6-8-12(3)10-15/h12-13,16,18H,4-11H2,1-3H3. The van der Waals surface area contributed by atoms with Crippen molar-refractivity contribution >= 4 is 5.97 Å². The number of ether oxygens (including phenoxy) is 1. The summed E-state index contributed by atoms with van der Waals surface area (Å²) in [5, 5.41) is 13.8. The van der Waals surface area contributed by atoms with E-state index in [0.29, 0.717) is 19.1 Å². The number of rotatable bonds is 7. The molecule has 1 aliphatic rings. The summed E-state index contributed by atoms with van der Waals surface area (Å²) in [6.45, 7) is 6.93. The van der Waals surface area contributed by atoms with Crippen molar-refractivity contribution < 1.29 is 14.6 Å². The third-order valence-electron chi connectivity index (χ3n) is 3.89. The Labute approximate surface area is 116 Å². The molecule has 0 aromatic carbocycles. The number of carbonyl (C=O) groups is 1. The van der Waals surface area contributed by atoms with Gasteiger partial charge in [0.05, 0.1) is 12.2 Å². The Hall–Kier alpha value is -0.610. The van der Waals surface area contributed by atoms with E-state index in [1.165, 1.54) is 6.42 Å². The minimum Gasteiger partial charge on any atom is -0.465 e. The van der Waals surface area contributed by atoms with Gasteiger partial charge in [0.1, 0.15) is 6.04 Å². The van der Waals surface area contributed by atoms with Crippen LogP contribution in [0, 0.1) is 5.92 Å². The SMILES string of the molecule is CCCC(NCC1(O)CCCC(C)C1)C(=O)OCC. The number of esters is 1. The zero-order chi connectivity index (χ0) is 14.3. The number of aliphatic hydroxyl groups is 1. The molecule has 1 saturated carbocycles. The van der Waals surface area contributed by atoms with Crippen LogP contribution in [0.2, 0.25) is 0 Å². The first-order valence-electron chi connectivity index (χ1n) is 7.63. The molecular formula is C15H29NO3. The molecule has 2 N–H and O–H groups in total. The lowest BCUT2D eigenvalue weighted by molar-refractivity contribution is -0.146. The highest BCUT2D eigenvalue weighted by atomic mass is 16.5. The average molecular weight is 271 g/mol. The predicted octanol–water partition coefficient (Wildman–Crippen LogP) is 2.25. The Balaban J connectivity index is 2.48. The van der Waals surface area contributed by atoms with Crippen molar-refractivity contribution in [1.82, 2.24) is 5.32 Å². The molecule has 0 aliphatic heterocycles. The van der Waals surface area contributed by atoms with Crippen LogP contribution in [0.3, 0.4) is 0 Å². The van der Waals surface area contributed by atoms with E-state index in [4.69, 9.17) is 4.74 Å². The fourth-order valence-electron chi connectivity index (χ4n) is 2.94. The molecule has 3 unspecified atom stereocenters. The molecule has 112 valence electrons. The van der Waals surface area contributed by atoms with Crippen LogP contribution in [0.5, 0.6) is 0 Å². The van der Waals surface area contributed by atoms with Crippen molar-refractivity contribution in [2.75, 3.05) is 13.2 Å². The number of nitrogens with one attached hydrogen (secondary N) is 1. The van der Waals surface area contributed by atoms with E-state index in [-0.39, 0.29) is 12.0 Å². The number of carbonyl (C=O) groups excluding carboxylic acids is 1. The van der Waals surface area contributed by atoms with E-state index in [1.807, 2.05) is 13.8 Å². The van der Waals surface area contributed by atoms with Gasteiger partial charge in [0, 0.05) is 6.54 Å². The molecule has 0 spiro atoms. The molecule has 4 heteroatoms. The van der Waals surface area contributed by atoms with Gasteiger partial charge in [-0.15, -0.1) is 0 Å². The van der Waals surface area contributed by atoms with E-state index >= 15 is 0 Å². The summed E-state index contributed by atoms with van der Waals surface area (Å²) >= 11 is 0. The summed E-state index contributed by atoms with van der Waals surface area (Å²) in [5.74, 6) is 0.365. The fourth-order valence-corrected chi connectivity index (χ4v) is 2.94. The van der Waals surface area contributed by atoms with E-state index < -0.39 is 5.60 Å². The van der Waals surface area contributed by atoms with E-state index in [0.717, 1.165) is 32.1 Å². The van der Waals surface area contributed by atoms with Gasteiger partial charge >= 0.3 is 5.97 Å². The molecule has 0 aromatic heterocycles. The molecule has 3 atom stereocenters. The first kappa shape index (κ1) is 16.4. The lowest BCUT2D eigenvalue weighted by atomic mass is 9.79. The Morgan fingerprint density at radius 3 is 2.84 bits per heavy atom. The highest BCUT2D eigenvalue weighted by molar-refractivity contribution is 5.75. The third-order valence-corrected chi connectivity index (χ3v) is 3.89. The van der Waals surface area contributed by atoms with Crippen LogP contribution in [0.15, 0.2) is 0 Å². The molecule has 1 aliphatic carbocycles. The summed E-state index contributed by atoms with van der Waals surface area (Å²) in [7, 11) is 0. The molecule has 1 rings (SSSR count). The van der Waals surface area contributed by atoms with Crippen LogP contribution in [0.1, 0.15) is 59.3 Å². The molecule has 0 saturated heterocycles. The maximum absolute atomic E-state index is 11.8. The fraction of sp³-hybridized carbons (Fsp3) is 0.933. The summed E-state index contributed by atoms with van der Waals surface area (Å²) in [6.07, 6.45) is 5.58. The molecule has 0 heterocycles. The van der Waals surface area contributed by atoms with Crippen LogP contribution in [-0.4, -0.2) is 35.9 Å². The van der Waals surface area contributed by atoms with Crippen molar-refractivity contribution in [3.63, 3.8) is 0 Å². The molecule has 0 bridgehead atoms. The highest BCUT2D eigenvalue weighted by Crippen LogP contribution is 2.31. The van der Waals surface area contributed by atoms with Gasteiger partial charge in [0.2, 0.25) is 0 Å². The summed E-state index contributed by atoms with van der Waals surface area (Å²) in [4.78, 5) is 11.8. The van der Waals surface area contributed by atoms with Gasteiger partial charge < -0.3 is 15.2 Å². The van der Waals surface area contributed by atoms with Crippen molar-refractivity contribution in [3.8, 4) is 0 Å². The Bertz CT molecular complexity index is 283.